The summed E-state index contributed by atoms with van der Waals surface area (Å²) in [5.74, 6) is 0.0471. The van der Waals surface area contributed by atoms with Gasteiger partial charge in [0.25, 0.3) is 0 Å². The van der Waals surface area contributed by atoms with E-state index in [9.17, 15) is 8.42 Å². The minimum atomic E-state index is -3.46. The molecule has 1 atom stereocenters. The first-order valence-electron chi connectivity index (χ1n) is 5.50. The van der Waals surface area contributed by atoms with Crippen molar-refractivity contribution in [3.8, 4) is 0 Å². The van der Waals surface area contributed by atoms with Gasteiger partial charge >= 0.3 is 0 Å². The Bertz CT molecular complexity index is 501. The molecule has 0 aliphatic carbocycles. The van der Waals surface area contributed by atoms with Gasteiger partial charge in [0, 0.05) is 25.4 Å². The van der Waals surface area contributed by atoms with E-state index in [0.717, 1.165) is 0 Å². The lowest BCUT2D eigenvalue weighted by Crippen LogP contribution is -2.29. The van der Waals surface area contributed by atoms with Crippen LogP contribution in [0.1, 0.15) is 6.42 Å². The van der Waals surface area contributed by atoms with Gasteiger partial charge in [0.05, 0.1) is 4.90 Å². The standard InChI is InChI=1S/C11H16N2O3S/c12-10-2-1-3-11(6-10)17(15,16)13-5-4-9(7-13)8-14/h1-3,6,9,14H,4-5,7-8,12H2. The highest BCUT2D eigenvalue weighted by Crippen LogP contribution is 2.24. The van der Waals surface area contributed by atoms with Crippen molar-refractivity contribution in [1.82, 2.24) is 4.31 Å². The van der Waals surface area contributed by atoms with Crippen LogP contribution in [0.25, 0.3) is 0 Å². The van der Waals surface area contributed by atoms with E-state index in [1.165, 1.54) is 16.4 Å². The Labute approximate surface area is 101 Å². The normalized spacial score (nSPS) is 21.8. The Balaban J connectivity index is 2.25. The summed E-state index contributed by atoms with van der Waals surface area (Å²) in [7, 11) is -3.46. The van der Waals surface area contributed by atoms with E-state index < -0.39 is 10.0 Å². The summed E-state index contributed by atoms with van der Waals surface area (Å²) < 4.78 is 25.9. The van der Waals surface area contributed by atoms with E-state index in [1.807, 2.05) is 0 Å². The molecular formula is C11H16N2O3S. The zero-order chi connectivity index (χ0) is 12.5. The largest absolute Gasteiger partial charge is 0.399 e. The van der Waals surface area contributed by atoms with Crippen molar-refractivity contribution < 1.29 is 13.5 Å². The molecule has 1 saturated heterocycles. The van der Waals surface area contributed by atoms with Gasteiger partial charge in [-0.25, -0.2) is 8.42 Å². The average molecular weight is 256 g/mol. The molecule has 1 heterocycles. The quantitative estimate of drug-likeness (QED) is 0.760. The topological polar surface area (TPSA) is 83.6 Å². The molecule has 0 aromatic heterocycles. The number of sulfonamides is 1. The molecule has 2 rings (SSSR count). The molecule has 1 unspecified atom stereocenters. The number of anilines is 1. The van der Waals surface area contributed by atoms with E-state index in [2.05, 4.69) is 0 Å². The lowest BCUT2D eigenvalue weighted by atomic mass is 10.1. The number of aliphatic hydroxyl groups is 1. The van der Waals surface area contributed by atoms with Gasteiger partial charge in [0.15, 0.2) is 0 Å². The summed E-state index contributed by atoms with van der Waals surface area (Å²) in [6.07, 6.45) is 0.706. The number of hydrogen-bond acceptors (Lipinski definition) is 4. The van der Waals surface area contributed by atoms with Crippen LogP contribution in [-0.2, 0) is 10.0 Å². The molecule has 1 aliphatic rings. The Kier molecular flexibility index (Phi) is 3.37. The van der Waals surface area contributed by atoms with E-state index in [1.54, 1.807) is 12.1 Å². The maximum absolute atomic E-state index is 12.2. The number of rotatable bonds is 3. The van der Waals surface area contributed by atoms with Crippen LogP contribution in [0.3, 0.4) is 0 Å². The summed E-state index contributed by atoms with van der Waals surface area (Å²) in [6.45, 7) is 0.874. The number of hydrogen-bond donors (Lipinski definition) is 2. The minimum absolute atomic E-state index is 0.0307. The number of nitrogen functional groups attached to an aromatic ring is 1. The fourth-order valence-corrected chi connectivity index (χ4v) is 3.58. The predicted octanol–water partition coefficient (Wildman–Crippen LogP) is 0.272. The molecule has 0 amide bonds. The molecule has 0 radical (unpaired) electrons. The van der Waals surface area contributed by atoms with Crippen LogP contribution in [0.15, 0.2) is 29.2 Å². The molecule has 17 heavy (non-hydrogen) atoms. The van der Waals surface area contributed by atoms with Gasteiger partial charge in [0.1, 0.15) is 0 Å². The highest BCUT2D eigenvalue weighted by molar-refractivity contribution is 7.89. The van der Waals surface area contributed by atoms with Crippen LogP contribution in [0.2, 0.25) is 0 Å². The van der Waals surface area contributed by atoms with Crippen molar-refractivity contribution in [2.24, 2.45) is 5.92 Å². The SMILES string of the molecule is Nc1cccc(S(=O)(=O)N2CCC(CO)C2)c1. The average Bonchev–Trinajstić information content (AvgIpc) is 2.78. The fourth-order valence-electron chi connectivity index (χ4n) is 1.99. The third-order valence-electron chi connectivity index (χ3n) is 3.00. The van der Waals surface area contributed by atoms with Gasteiger partial charge < -0.3 is 10.8 Å². The van der Waals surface area contributed by atoms with Crippen molar-refractivity contribution >= 4 is 15.7 Å². The van der Waals surface area contributed by atoms with Crippen LogP contribution in [-0.4, -0.2) is 37.5 Å². The Hall–Kier alpha value is -1.11. The summed E-state index contributed by atoms with van der Waals surface area (Å²) in [6, 6.07) is 6.28. The summed E-state index contributed by atoms with van der Waals surface area (Å²) in [5.41, 5.74) is 6.02. The Morgan fingerprint density at radius 2 is 2.24 bits per heavy atom. The zero-order valence-corrected chi connectivity index (χ0v) is 10.2. The predicted molar refractivity (Wildman–Crippen MR) is 64.8 cm³/mol. The number of benzene rings is 1. The van der Waals surface area contributed by atoms with E-state index in [0.29, 0.717) is 25.2 Å². The van der Waals surface area contributed by atoms with Crippen LogP contribution in [0.4, 0.5) is 5.69 Å². The van der Waals surface area contributed by atoms with Gasteiger partial charge in [-0.3, -0.25) is 0 Å². The smallest absolute Gasteiger partial charge is 0.243 e. The van der Waals surface area contributed by atoms with Crippen molar-refractivity contribution in [3.05, 3.63) is 24.3 Å². The van der Waals surface area contributed by atoms with Crippen LogP contribution < -0.4 is 5.73 Å². The molecule has 3 N–H and O–H groups in total. The lowest BCUT2D eigenvalue weighted by Gasteiger charge is -2.16. The number of nitrogens with two attached hydrogens (primary N) is 1. The second kappa shape index (κ2) is 4.64. The minimum Gasteiger partial charge on any atom is -0.399 e. The summed E-state index contributed by atoms with van der Waals surface area (Å²) in [5, 5.41) is 9.02. The highest BCUT2D eigenvalue weighted by atomic mass is 32.2. The summed E-state index contributed by atoms with van der Waals surface area (Å²) in [4.78, 5) is 0.219. The van der Waals surface area contributed by atoms with E-state index in [4.69, 9.17) is 10.8 Å². The molecule has 0 spiro atoms. The molecule has 0 bridgehead atoms. The Morgan fingerprint density at radius 3 is 2.82 bits per heavy atom. The first-order chi connectivity index (χ1) is 8.04. The third-order valence-corrected chi connectivity index (χ3v) is 4.86. The monoisotopic (exact) mass is 256 g/mol. The molecule has 1 fully saturated rings. The molecule has 6 heteroatoms. The maximum Gasteiger partial charge on any atom is 0.243 e. The lowest BCUT2D eigenvalue weighted by molar-refractivity contribution is 0.233. The van der Waals surface area contributed by atoms with E-state index >= 15 is 0 Å². The van der Waals surface area contributed by atoms with E-state index in [-0.39, 0.29) is 17.4 Å². The molecular weight excluding hydrogens is 240 g/mol. The Morgan fingerprint density at radius 1 is 1.47 bits per heavy atom. The molecule has 1 aromatic carbocycles. The second-order valence-corrected chi connectivity index (χ2v) is 6.21. The van der Waals surface area contributed by atoms with Crippen LogP contribution in [0, 0.1) is 5.92 Å². The first-order valence-corrected chi connectivity index (χ1v) is 6.94. The maximum atomic E-state index is 12.2. The second-order valence-electron chi connectivity index (χ2n) is 4.27. The molecule has 1 aromatic rings. The van der Waals surface area contributed by atoms with Gasteiger partial charge in [-0.2, -0.15) is 4.31 Å². The van der Waals surface area contributed by atoms with Gasteiger partial charge in [-0.15, -0.1) is 0 Å². The molecule has 1 aliphatic heterocycles. The summed E-state index contributed by atoms with van der Waals surface area (Å²) >= 11 is 0. The van der Waals surface area contributed by atoms with Crippen molar-refractivity contribution in [2.75, 3.05) is 25.4 Å². The van der Waals surface area contributed by atoms with Crippen LogP contribution in [0.5, 0.6) is 0 Å². The zero-order valence-electron chi connectivity index (χ0n) is 9.41. The molecule has 5 nitrogen and oxygen atoms in total. The number of aliphatic hydroxyl groups excluding tert-OH is 1. The van der Waals surface area contributed by atoms with Crippen molar-refractivity contribution in [1.29, 1.82) is 0 Å². The highest BCUT2D eigenvalue weighted by Gasteiger charge is 2.32. The fraction of sp³-hybridized carbons (Fsp3) is 0.455. The van der Waals surface area contributed by atoms with Gasteiger partial charge in [-0.1, -0.05) is 6.07 Å². The molecule has 94 valence electrons. The third kappa shape index (κ3) is 2.43. The number of nitrogens with zero attached hydrogens (tertiary/aromatic N) is 1. The van der Waals surface area contributed by atoms with Gasteiger partial charge in [-0.05, 0) is 30.5 Å². The van der Waals surface area contributed by atoms with Gasteiger partial charge in [0.2, 0.25) is 10.0 Å². The first kappa shape index (κ1) is 12.3. The van der Waals surface area contributed by atoms with Crippen molar-refractivity contribution in [2.45, 2.75) is 11.3 Å². The molecule has 0 saturated carbocycles. The van der Waals surface area contributed by atoms with Crippen molar-refractivity contribution in [3.63, 3.8) is 0 Å². The van der Waals surface area contributed by atoms with Crippen LogP contribution >= 0.6 is 0 Å².